The van der Waals surface area contributed by atoms with E-state index in [1.807, 2.05) is 25.6 Å². The van der Waals surface area contributed by atoms with Crippen molar-refractivity contribution in [2.45, 2.75) is 38.0 Å². The van der Waals surface area contributed by atoms with Gasteiger partial charge in [-0.05, 0) is 32.4 Å². The molecule has 0 spiro atoms. The number of likely N-dealkylation sites (N-methyl/N-ethyl adjacent to an activating group) is 1. The third-order valence-corrected chi connectivity index (χ3v) is 3.82. The van der Waals surface area contributed by atoms with Crippen LogP contribution in [0.1, 0.15) is 26.7 Å². The van der Waals surface area contributed by atoms with Crippen LogP contribution in [0.3, 0.4) is 0 Å². The van der Waals surface area contributed by atoms with Crippen LogP contribution in [0.5, 0.6) is 0 Å². The predicted octanol–water partition coefficient (Wildman–Crippen LogP) is 0.996. The molecular weight excluding hydrogens is 196 g/mol. The van der Waals surface area contributed by atoms with E-state index in [0.717, 1.165) is 6.54 Å². The summed E-state index contributed by atoms with van der Waals surface area (Å²) in [6.07, 6.45) is 2.62. The molecule has 1 rings (SSSR count). The van der Waals surface area contributed by atoms with Gasteiger partial charge in [0.05, 0.1) is 6.04 Å². The second-order valence-corrected chi connectivity index (χ2v) is 5.07. The van der Waals surface area contributed by atoms with Crippen LogP contribution in [0.2, 0.25) is 0 Å². The van der Waals surface area contributed by atoms with E-state index in [4.69, 9.17) is 0 Å². The van der Waals surface area contributed by atoms with Gasteiger partial charge in [-0.2, -0.15) is 11.8 Å². The summed E-state index contributed by atoms with van der Waals surface area (Å²) in [5.74, 6) is 1.39. The molecule has 14 heavy (non-hydrogen) atoms. The normalized spacial score (nSPS) is 23.4. The fourth-order valence-electron chi connectivity index (χ4n) is 1.53. The molecule has 3 nitrogen and oxygen atoms in total. The van der Waals surface area contributed by atoms with Crippen LogP contribution < -0.4 is 10.6 Å². The molecule has 1 aliphatic heterocycles. The van der Waals surface area contributed by atoms with Crippen LogP contribution in [-0.2, 0) is 4.79 Å². The fourth-order valence-corrected chi connectivity index (χ4v) is 2.75. The molecule has 0 radical (unpaired) electrons. The van der Waals surface area contributed by atoms with Crippen molar-refractivity contribution in [2.75, 3.05) is 18.8 Å². The summed E-state index contributed by atoms with van der Waals surface area (Å²) < 4.78 is 0. The molecule has 0 aromatic heterocycles. The maximum atomic E-state index is 11.4. The van der Waals surface area contributed by atoms with Gasteiger partial charge in [0.1, 0.15) is 0 Å². The molecule has 1 aliphatic rings. The van der Waals surface area contributed by atoms with Gasteiger partial charge in [0.25, 0.3) is 0 Å². The predicted molar refractivity (Wildman–Crippen MR) is 61.6 cm³/mol. The van der Waals surface area contributed by atoms with Gasteiger partial charge >= 0.3 is 0 Å². The molecule has 82 valence electrons. The van der Waals surface area contributed by atoms with Crippen LogP contribution in [0.25, 0.3) is 0 Å². The van der Waals surface area contributed by atoms with Crippen LogP contribution in [0.15, 0.2) is 0 Å². The molecule has 4 heteroatoms. The summed E-state index contributed by atoms with van der Waals surface area (Å²) in [5.41, 5.74) is 0. The summed E-state index contributed by atoms with van der Waals surface area (Å²) in [5, 5.41) is 6.80. The van der Waals surface area contributed by atoms with E-state index in [1.165, 1.54) is 18.6 Å². The highest BCUT2D eigenvalue weighted by molar-refractivity contribution is 8.00. The maximum absolute atomic E-state index is 11.4. The lowest BCUT2D eigenvalue weighted by molar-refractivity contribution is -0.122. The van der Waals surface area contributed by atoms with Crippen molar-refractivity contribution in [3.63, 3.8) is 0 Å². The maximum Gasteiger partial charge on any atom is 0.236 e. The summed E-state index contributed by atoms with van der Waals surface area (Å²) in [4.78, 5) is 11.4. The lowest BCUT2D eigenvalue weighted by Crippen LogP contribution is -2.43. The Hall–Kier alpha value is -0.220. The van der Waals surface area contributed by atoms with Crippen molar-refractivity contribution in [1.82, 2.24) is 10.6 Å². The summed E-state index contributed by atoms with van der Waals surface area (Å²) in [6, 6.07) is -0.0591. The molecule has 0 aromatic rings. The minimum Gasteiger partial charge on any atom is -0.355 e. The largest absolute Gasteiger partial charge is 0.355 e. The molecule has 1 heterocycles. The molecular formula is C10H20N2OS. The topological polar surface area (TPSA) is 41.1 Å². The zero-order chi connectivity index (χ0) is 10.4. The first kappa shape index (κ1) is 11.9. The van der Waals surface area contributed by atoms with Crippen LogP contribution in [-0.4, -0.2) is 36.0 Å². The Balaban J connectivity index is 2.13. The minimum absolute atomic E-state index is 0.0591. The lowest BCUT2D eigenvalue weighted by atomic mass is 10.2. The van der Waals surface area contributed by atoms with E-state index in [0.29, 0.717) is 11.8 Å². The summed E-state index contributed by atoms with van der Waals surface area (Å²) in [7, 11) is 0. The average Bonchev–Trinajstić information content (AvgIpc) is 2.67. The van der Waals surface area contributed by atoms with Gasteiger partial charge in [-0.1, -0.05) is 0 Å². The molecule has 1 amide bonds. The van der Waals surface area contributed by atoms with E-state index in [2.05, 4.69) is 10.6 Å². The highest BCUT2D eigenvalue weighted by Crippen LogP contribution is 2.25. The standard InChI is InChI=1S/C10H20N2OS/c1-3-11-10(13)8(2)12-7-9-5-4-6-14-9/h8-9,12H,3-7H2,1-2H3,(H,11,13). The van der Waals surface area contributed by atoms with Crippen molar-refractivity contribution < 1.29 is 4.79 Å². The molecule has 1 fully saturated rings. The first-order chi connectivity index (χ1) is 6.74. The van der Waals surface area contributed by atoms with Gasteiger partial charge < -0.3 is 10.6 Å². The monoisotopic (exact) mass is 216 g/mol. The minimum atomic E-state index is -0.0591. The number of carbonyl (C=O) groups is 1. The van der Waals surface area contributed by atoms with Crippen LogP contribution in [0, 0.1) is 0 Å². The molecule has 2 atom stereocenters. The van der Waals surface area contributed by atoms with E-state index in [9.17, 15) is 4.79 Å². The Labute approximate surface area is 90.4 Å². The Morgan fingerprint density at radius 3 is 3.00 bits per heavy atom. The van der Waals surface area contributed by atoms with Crippen molar-refractivity contribution in [3.05, 3.63) is 0 Å². The Morgan fingerprint density at radius 2 is 2.43 bits per heavy atom. The zero-order valence-corrected chi connectivity index (χ0v) is 9.82. The SMILES string of the molecule is CCNC(=O)C(C)NCC1CCCS1. The van der Waals surface area contributed by atoms with E-state index < -0.39 is 0 Å². The zero-order valence-electron chi connectivity index (χ0n) is 9.01. The van der Waals surface area contributed by atoms with E-state index in [-0.39, 0.29) is 11.9 Å². The van der Waals surface area contributed by atoms with E-state index >= 15 is 0 Å². The number of hydrogen-bond donors (Lipinski definition) is 2. The van der Waals surface area contributed by atoms with Crippen LogP contribution in [0.4, 0.5) is 0 Å². The number of carbonyl (C=O) groups excluding carboxylic acids is 1. The fraction of sp³-hybridized carbons (Fsp3) is 0.900. The number of thioether (sulfide) groups is 1. The Kier molecular flexibility index (Phi) is 5.33. The summed E-state index contributed by atoms with van der Waals surface area (Å²) in [6.45, 7) is 5.54. The molecule has 1 saturated heterocycles. The molecule has 2 N–H and O–H groups in total. The van der Waals surface area contributed by atoms with Crippen molar-refractivity contribution in [3.8, 4) is 0 Å². The van der Waals surface area contributed by atoms with Crippen LogP contribution >= 0.6 is 11.8 Å². The molecule has 0 bridgehead atoms. The van der Waals surface area contributed by atoms with Crippen molar-refractivity contribution in [2.24, 2.45) is 0 Å². The van der Waals surface area contributed by atoms with Gasteiger partial charge in [-0.15, -0.1) is 0 Å². The second-order valence-electron chi connectivity index (χ2n) is 3.66. The smallest absolute Gasteiger partial charge is 0.236 e. The van der Waals surface area contributed by atoms with Gasteiger partial charge in [-0.3, -0.25) is 4.79 Å². The number of hydrogen-bond acceptors (Lipinski definition) is 3. The number of amides is 1. The van der Waals surface area contributed by atoms with Gasteiger partial charge in [0.2, 0.25) is 5.91 Å². The number of rotatable bonds is 5. The van der Waals surface area contributed by atoms with Crippen molar-refractivity contribution >= 4 is 17.7 Å². The second kappa shape index (κ2) is 6.30. The van der Waals surface area contributed by atoms with Gasteiger partial charge in [0.15, 0.2) is 0 Å². The van der Waals surface area contributed by atoms with Gasteiger partial charge in [-0.25, -0.2) is 0 Å². The molecule has 0 aromatic carbocycles. The highest BCUT2D eigenvalue weighted by atomic mass is 32.2. The van der Waals surface area contributed by atoms with E-state index in [1.54, 1.807) is 0 Å². The first-order valence-electron chi connectivity index (χ1n) is 5.36. The third-order valence-electron chi connectivity index (χ3n) is 2.42. The average molecular weight is 216 g/mol. The lowest BCUT2D eigenvalue weighted by Gasteiger charge is -2.15. The molecule has 0 aliphatic carbocycles. The summed E-state index contributed by atoms with van der Waals surface area (Å²) >= 11 is 2.02. The first-order valence-corrected chi connectivity index (χ1v) is 6.41. The quantitative estimate of drug-likeness (QED) is 0.720. The highest BCUT2D eigenvalue weighted by Gasteiger charge is 2.17. The number of nitrogens with one attached hydrogen (secondary N) is 2. The molecule has 0 saturated carbocycles. The Morgan fingerprint density at radius 1 is 1.64 bits per heavy atom. The van der Waals surface area contributed by atoms with Crippen molar-refractivity contribution in [1.29, 1.82) is 0 Å². The Bertz CT molecular complexity index is 181. The molecule has 2 unspecified atom stereocenters. The van der Waals surface area contributed by atoms with Gasteiger partial charge in [0, 0.05) is 18.3 Å². The third kappa shape index (κ3) is 3.88.